The van der Waals surface area contributed by atoms with Crippen LogP contribution in [0.25, 0.3) is 0 Å². The SMILES string of the molecule is NCCCNCCCCNCCCNC(=O)c1ccccc1. The van der Waals surface area contributed by atoms with E-state index < -0.39 is 0 Å². The van der Waals surface area contributed by atoms with E-state index in [9.17, 15) is 4.79 Å². The molecule has 0 unspecified atom stereocenters. The number of hydrogen-bond donors (Lipinski definition) is 4. The Hall–Kier alpha value is -1.43. The molecule has 5 nitrogen and oxygen atoms in total. The van der Waals surface area contributed by atoms with E-state index in [0.29, 0.717) is 6.54 Å². The van der Waals surface area contributed by atoms with Crippen molar-refractivity contribution in [3.05, 3.63) is 35.9 Å². The van der Waals surface area contributed by atoms with E-state index in [4.69, 9.17) is 5.73 Å². The first kappa shape index (κ1) is 18.6. The quantitative estimate of drug-likeness (QED) is 0.412. The Morgan fingerprint density at radius 1 is 0.818 bits per heavy atom. The van der Waals surface area contributed by atoms with E-state index in [1.807, 2.05) is 30.3 Å². The summed E-state index contributed by atoms with van der Waals surface area (Å²) in [6, 6.07) is 9.32. The van der Waals surface area contributed by atoms with Gasteiger partial charge in [-0.15, -0.1) is 0 Å². The lowest BCUT2D eigenvalue weighted by Gasteiger charge is -2.07. The fourth-order valence-electron chi connectivity index (χ4n) is 2.08. The van der Waals surface area contributed by atoms with Crippen LogP contribution in [-0.2, 0) is 0 Å². The van der Waals surface area contributed by atoms with Crippen LogP contribution in [0.4, 0.5) is 0 Å². The topological polar surface area (TPSA) is 79.2 Å². The van der Waals surface area contributed by atoms with Crippen molar-refractivity contribution in [2.75, 3.05) is 39.3 Å². The highest BCUT2D eigenvalue weighted by Gasteiger charge is 2.02. The van der Waals surface area contributed by atoms with Crippen molar-refractivity contribution < 1.29 is 4.79 Å². The second kappa shape index (κ2) is 13.2. The van der Waals surface area contributed by atoms with Crippen molar-refractivity contribution in [2.45, 2.75) is 25.7 Å². The number of carbonyl (C=O) groups excluding carboxylic acids is 1. The third-order valence-electron chi connectivity index (χ3n) is 3.37. The number of unbranched alkanes of at least 4 members (excludes halogenated alkanes) is 1. The first-order valence-corrected chi connectivity index (χ1v) is 8.29. The van der Waals surface area contributed by atoms with Crippen LogP contribution in [0, 0.1) is 0 Å². The van der Waals surface area contributed by atoms with Crippen molar-refractivity contribution >= 4 is 5.91 Å². The molecule has 0 aromatic heterocycles. The summed E-state index contributed by atoms with van der Waals surface area (Å²) >= 11 is 0. The Kier molecular flexibility index (Phi) is 11.2. The third kappa shape index (κ3) is 9.50. The van der Waals surface area contributed by atoms with E-state index in [-0.39, 0.29) is 5.91 Å². The van der Waals surface area contributed by atoms with Crippen LogP contribution in [-0.4, -0.2) is 45.2 Å². The molecule has 0 bridgehead atoms. The second-order valence-electron chi connectivity index (χ2n) is 5.32. The maximum Gasteiger partial charge on any atom is 0.251 e. The zero-order valence-corrected chi connectivity index (χ0v) is 13.4. The Labute approximate surface area is 134 Å². The molecule has 1 aromatic carbocycles. The molecule has 0 aliphatic carbocycles. The summed E-state index contributed by atoms with van der Waals surface area (Å²) in [7, 11) is 0. The van der Waals surface area contributed by atoms with Crippen molar-refractivity contribution in [3.8, 4) is 0 Å². The molecule has 22 heavy (non-hydrogen) atoms. The van der Waals surface area contributed by atoms with E-state index in [1.165, 1.54) is 12.8 Å². The lowest BCUT2D eigenvalue weighted by molar-refractivity contribution is 0.0953. The number of carbonyl (C=O) groups is 1. The molecular formula is C17H30N4O. The molecule has 0 aliphatic heterocycles. The monoisotopic (exact) mass is 306 g/mol. The number of rotatable bonds is 13. The van der Waals surface area contributed by atoms with Gasteiger partial charge in [-0.2, -0.15) is 0 Å². The van der Waals surface area contributed by atoms with Crippen LogP contribution in [0.3, 0.4) is 0 Å². The summed E-state index contributed by atoms with van der Waals surface area (Å²) in [5.41, 5.74) is 6.14. The van der Waals surface area contributed by atoms with Gasteiger partial charge in [0.2, 0.25) is 0 Å². The Bertz CT molecular complexity index is 384. The van der Waals surface area contributed by atoms with Gasteiger partial charge in [-0.1, -0.05) is 18.2 Å². The highest BCUT2D eigenvalue weighted by Crippen LogP contribution is 1.97. The lowest BCUT2D eigenvalue weighted by Crippen LogP contribution is -2.27. The van der Waals surface area contributed by atoms with Gasteiger partial charge in [0, 0.05) is 12.1 Å². The van der Waals surface area contributed by atoms with E-state index in [2.05, 4.69) is 16.0 Å². The first-order chi connectivity index (χ1) is 10.8. The molecule has 124 valence electrons. The van der Waals surface area contributed by atoms with Gasteiger partial charge in [-0.25, -0.2) is 0 Å². The second-order valence-corrected chi connectivity index (χ2v) is 5.32. The van der Waals surface area contributed by atoms with Crippen LogP contribution >= 0.6 is 0 Å². The molecule has 5 N–H and O–H groups in total. The molecule has 0 saturated carbocycles. The fraction of sp³-hybridized carbons (Fsp3) is 0.588. The third-order valence-corrected chi connectivity index (χ3v) is 3.37. The molecule has 1 amide bonds. The summed E-state index contributed by atoms with van der Waals surface area (Å²) < 4.78 is 0. The smallest absolute Gasteiger partial charge is 0.251 e. The van der Waals surface area contributed by atoms with Crippen LogP contribution < -0.4 is 21.7 Å². The molecule has 0 saturated heterocycles. The molecule has 0 radical (unpaired) electrons. The summed E-state index contributed by atoms with van der Waals surface area (Å²) in [5, 5.41) is 9.70. The number of benzene rings is 1. The van der Waals surface area contributed by atoms with E-state index in [0.717, 1.165) is 51.1 Å². The Balaban J connectivity index is 1.85. The van der Waals surface area contributed by atoms with Gasteiger partial charge in [-0.3, -0.25) is 4.79 Å². The number of nitrogens with two attached hydrogens (primary N) is 1. The molecule has 0 spiro atoms. The zero-order valence-electron chi connectivity index (χ0n) is 13.4. The maximum atomic E-state index is 11.8. The molecule has 1 rings (SSSR count). The minimum atomic E-state index is 0.00385. The predicted octanol–water partition coefficient (Wildman–Crippen LogP) is 1.11. The summed E-state index contributed by atoms with van der Waals surface area (Å²) in [6.07, 6.45) is 4.36. The fourth-order valence-corrected chi connectivity index (χ4v) is 2.08. The van der Waals surface area contributed by atoms with Crippen LogP contribution in [0.2, 0.25) is 0 Å². The molecule has 0 fully saturated rings. The number of nitrogens with one attached hydrogen (secondary N) is 3. The summed E-state index contributed by atoms with van der Waals surface area (Å²) in [6.45, 7) is 5.53. The Morgan fingerprint density at radius 3 is 2.05 bits per heavy atom. The molecular weight excluding hydrogens is 276 g/mol. The van der Waals surface area contributed by atoms with Crippen molar-refractivity contribution in [3.63, 3.8) is 0 Å². The van der Waals surface area contributed by atoms with Gasteiger partial charge in [0.05, 0.1) is 0 Å². The Morgan fingerprint density at radius 2 is 1.41 bits per heavy atom. The van der Waals surface area contributed by atoms with Gasteiger partial charge in [0.25, 0.3) is 5.91 Å². The molecule has 0 heterocycles. The first-order valence-electron chi connectivity index (χ1n) is 8.29. The molecule has 5 heteroatoms. The van der Waals surface area contributed by atoms with Crippen molar-refractivity contribution in [1.82, 2.24) is 16.0 Å². The van der Waals surface area contributed by atoms with E-state index in [1.54, 1.807) is 0 Å². The van der Waals surface area contributed by atoms with Gasteiger partial charge in [-0.05, 0) is 70.5 Å². The summed E-state index contributed by atoms with van der Waals surface area (Å²) in [5.74, 6) is 0.00385. The highest BCUT2D eigenvalue weighted by atomic mass is 16.1. The van der Waals surface area contributed by atoms with Crippen LogP contribution in [0.1, 0.15) is 36.0 Å². The number of hydrogen-bond acceptors (Lipinski definition) is 4. The van der Waals surface area contributed by atoms with Gasteiger partial charge in [0.15, 0.2) is 0 Å². The normalized spacial score (nSPS) is 10.6. The van der Waals surface area contributed by atoms with E-state index >= 15 is 0 Å². The molecule has 0 atom stereocenters. The van der Waals surface area contributed by atoms with Crippen molar-refractivity contribution in [1.29, 1.82) is 0 Å². The zero-order chi connectivity index (χ0) is 15.9. The maximum absolute atomic E-state index is 11.8. The average Bonchev–Trinajstić information content (AvgIpc) is 2.56. The average molecular weight is 306 g/mol. The standard InChI is InChI=1S/C17H30N4O/c18-10-6-13-19-11-4-5-12-20-14-7-15-21-17(22)16-8-2-1-3-9-16/h1-3,8-9,19-20H,4-7,10-15,18H2,(H,21,22). The minimum Gasteiger partial charge on any atom is -0.352 e. The molecule has 0 aliphatic rings. The van der Waals surface area contributed by atoms with Gasteiger partial charge >= 0.3 is 0 Å². The lowest BCUT2D eigenvalue weighted by atomic mass is 10.2. The van der Waals surface area contributed by atoms with Gasteiger partial charge < -0.3 is 21.7 Å². The van der Waals surface area contributed by atoms with Crippen LogP contribution in [0.15, 0.2) is 30.3 Å². The molecule has 1 aromatic rings. The minimum absolute atomic E-state index is 0.00385. The summed E-state index contributed by atoms with van der Waals surface area (Å²) in [4.78, 5) is 11.8. The van der Waals surface area contributed by atoms with Crippen molar-refractivity contribution in [2.24, 2.45) is 5.73 Å². The highest BCUT2D eigenvalue weighted by molar-refractivity contribution is 5.94. The number of amides is 1. The largest absolute Gasteiger partial charge is 0.352 e. The van der Waals surface area contributed by atoms with Crippen LogP contribution in [0.5, 0.6) is 0 Å². The predicted molar refractivity (Wildman–Crippen MR) is 92.0 cm³/mol. The van der Waals surface area contributed by atoms with Gasteiger partial charge in [0.1, 0.15) is 0 Å².